The van der Waals surface area contributed by atoms with E-state index in [0.717, 1.165) is 46.5 Å². The normalized spacial score (nSPS) is 52.2. The van der Waals surface area contributed by atoms with Gasteiger partial charge in [-0.1, -0.05) is 55.3 Å². The molecule has 0 aromatic heterocycles. The van der Waals surface area contributed by atoms with Gasteiger partial charge in [-0.05, 0) is 61.7 Å². The third-order valence-corrected chi connectivity index (χ3v) is 10.7. The topological polar surface area (TPSA) is 3.24 Å². The van der Waals surface area contributed by atoms with Crippen molar-refractivity contribution < 1.29 is 0 Å². The number of hydrogen-bond donors (Lipinski definition) is 0. The molecule has 8 atom stereocenters. The van der Waals surface area contributed by atoms with Crippen LogP contribution in [0.25, 0.3) is 0 Å². The molecule has 126 valence electrons. The molecule has 0 radical (unpaired) electrons. The van der Waals surface area contributed by atoms with Crippen molar-refractivity contribution in [2.24, 2.45) is 29.6 Å². The monoisotopic (exact) mass is 383 g/mol. The first-order valence-electron chi connectivity index (χ1n) is 9.82. The van der Waals surface area contributed by atoms with Crippen molar-refractivity contribution in [3.8, 4) is 0 Å². The van der Waals surface area contributed by atoms with Crippen LogP contribution in [0.3, 0.4) is 0 Å². The van der Waals surface area contributed by atoms with Crippen LogP contribution in [0, 0.1) is 29.6 Å². The molecule has 1 nitrogen and oxygen atoms in total. The maximum atomic E-state index is 3.98. The first-order valence-corrected chi connectivity index (χ1v) is 14.2. The van der Waals surface area contributed by atoms with Crippen molar-refractivity contribution in [3.63, 3.8) is 0 Å². The molecule has 4 fully saturated rings. The molecule has 22 heavy (non-hydrogen) atoms. The molecule has 0 amide bonds. The van der Waals surface area contributed by atoms with E-state index in [4.69, 9.17) is 0 Å². The van der Waals surface area contributed by atoms with Crippen LogP contribution < -0.4 is 0 Å². The Bertz CT molecular complexity index is 434. The minimum Gasteiger partial charge on any atom is -0.318 e. The number of alkyl halides is 1. The Morgan fingerprint density at radius 2 is 1.59 bits per heavy atom. The van der Waals surface area contributed by atoms with Gasteiger partial charge in [0.05, 0.1) is 0 Å². The van der Waals surface area contributed by atoms with Crippen LogP contribution in [0.5, 0.6) is 0 Å². The van der Waals surface area contributed by atoms with Gasteiger partial charge in [-0.3, -0.25) is 0 Å². The van der Waals surface area contributed by atoms with E-state index in [9.17, 15) is 0 Å². The van der Waals surface area contributed by atoms with E-state index >= 15 is 0 Å². The van der Waals surface area contributed by atoms with Crippen LogP contribution in [0.4, 0.5) is 0 Å². The first kappa shape index (κ1) is 16.1. The summed E-state index contributed by atoms with van der Waals surface area (Å²) < 4.78 is 3.17. The van der Waals surface area contributed by atoms with Gasteiger partial charge in [0.2, 0.25) is 0 Å². The smallest absolute Gasteiger partial charge is 0.119 e. The predicted molar refractivity (Wildman–Crippen MR) is 101 cm³/mol. The molecule has 0 aromatic rings. The number of rotatable bonds is 1. The Morgan fingerprint density at radius 1 is 0.909 bits per heavy atom. The Balaban J connectivity index is 1.73. The molecule has 1 aliphatic heterocycles. The van der Waals surface area contributed by atoms with Crippen molar-refractivity contribution in [2.45, 2.75) is 88.4 Å². The SMILES string of the molecule is CC1C2CCCCC2C2C1C1CC(Br)CCC1N2[Si](C)(C)C. The molecule has 8 unspecified atom stereocenters. The molecule has 0 aromatic carbocycles. The highest BCUT2D eigenvalue weighted by Gasteiger charge is 2.62. The molecule has 3 saturated carbocycles. The minimum absolute atomic E-state index is 0.797. The van der Waals surface area contributed by atoms with Gasteiger partial charge >= 0.3 is 0 Å². The van der Waals surface area contributed by atoms with Crippen LogP contribution in [0.15, 0.2) is 0 Å². The molecule has 3 heteroatoms. The van der Waals surface area contributed by atoms with Crippen molar-refractivity contribution in [3.05, 3.63) is 0 Å². The Labute approximate surface area is 146 Å². The predicted octanol–water partition coefficient (Wildman–Crippen LogP) is 5.51. The van der Waals surface area contributed by atoms with Gasteiger partial charge in [-0.2, -0.15) is 0 Å². The third-order valence-electron chi connectivity index (χ3n) is 7.74. The Kier molecular flexibility index (Phi) is 4.10. The fourth-order valence-corrected chi connectivity index (χ4v) is 10.5. The zero-order chi connectivity index (χ0) is 15.6. The first-order chi connectivity index (χ1) is 10.4. The van der Waals surface area contributed by atoms with Gasteiger partial charge < -0.3 is 4.57 Å². The van der Waals surface area contributed by atoms with Crippen molar-refractivity contribution in [2.75, 3.05) is 0 Å². The highest BCUT2D eigenvalue weighted by molar-refractivity contribution is 9.09. The minimum atomic E-state index is -1.23. The van der Waals surface area contributed by atoms with Crippen LogP contribution in [-0.2, 0) is 0 Å². The molecular weight excluding hydrogens is 350 g/mol. The summed E-state index contributed by atoms with van der Waals surface area (Å²) in [4.78, 5) is 0.797. The summed E-state index contributed by atoms with van der Waals surface area (Å²) in [6.07, 6.45) is 10.4. The number of fused-ring (bicyclic) bond motifs is 5. The summed E-state index contributed by atoms with van der Waals surface area (Å²) in [6, 6.07) is 1.89. The fourth-order valence-electron chi connectivity index (χ4n) is 7.24. The molecule has 4 aliphatic rings. The molecule has 0 spiro atoms. The zero-order valence-corrected chi connectivity index (χ0v) is 17.5. The van der Waals surface area contributed by atoms with E-state index in [2.05, 4.69) is 47.1 Å². The molecular formula is C19H34BrNSi. The van der Waals surface area contributed by atoms with Gasteiger partial charge in [-0.15, -0.1) is 0 Å². The van der Waals surface area contributed by atoms with Gasteiger partial charge in [0.15, 0.2) is 0 Å². The summed E-state index contributed by atoms with van der Waals surface area (Å²) in [5.74, 6) is 5.10. The second-order valence-corrected chi connectivity index (χ2v) is 15.9. The summed E-state index contributed by atoms with van der Waals surface area (Å²) in [5, 5.41) is 0. The highest BCUT2D eigenvalue weighted by Crippen LogP contribution is 2.61. The van der Waals surface area contributed by atoms with E-state index in [1.54, 1.807) is 0 Å². The van der Waals surface area contributed by atoms with Gasteiger partial charge in [0.1, 0.15) is 8.24 Å². The summed E-state index contributed by atoms with van der Waals surface area (Å²) in [7, 11) is -1.23. The average molecular weight is 384 g/mol. The lowest BCUT2D eigenvalue weighted by Crippen LogP contribution is -2.56. The van der Waals surface area contributed by atoms with Crippen LogP contribution in [0.2, 0.25) is 19.6 Å². The van der Waals surface area contributed by atoms with Crippen LogP contribution >= 0.6 is 15.9 Å². The number of hydrogen-bond acceptors (Lipinski definition) is 1. The average Bonchev–Trinajstić information content (AvgIpc) is 2.93. The van der Waals surface area contributed by atoms with Crippen LogP contribution in [0.1, 0.15) is 51.9 Å². The summed E-state index contributed by atoms with van der Waals surface area (Å²) in [5.41, 5.74) is 0. The van der Waals surface area contributed by atoms with Crippen LogP contribution in [-0.4, -0.2) is 29.7 Å². The second-order valence-electron chi connectivity index (χ2n) is 9.76. The third kappa shape index (κ3) is 2.32. The van der Waals surface area contributed by atoms with E-state index in [1.165, 1.54) is 44.9 Å². The lowest BCUT2D eigenvalue weighted by Gasteiger charge is -2.46. The molecule has 4 rings (SSSR count). The highest BCUT2D eigenvalue weighted by atomic mass is 79.9. The quantitative estimate of drug-likeness (QED) is 0.426. The van der Waals surface area contributed by atoms with Gasteiger partial charge in [0.25, 0.3) is 0 Å². The molecule has 1 heterocycles. The summed E-state index contributed by atoms with van der Waals surface area (Å²) in [6.45, 7) is 10.5. The van der Waals surface area contributed by atoms with E-state index in [-0.39, 0.29) is 0 Å². The zero-order valence-electron chi connectivity index (χ0n) is 14.9. The molecule has 0 N–H and O–H groups in total. The maximum absolute atomic E-state index is 3.98. The Hall–Kier alpha value is 0.657. The number of halogens is 1. The molecule has 0 bridgehead atoms. The van der Waals surface area contributed by atoms with Gasteiger partial charge in [0, 0.05) is 16.9 Å². The van der Waals surface area contributed by atoms with Crippen molar-refractivity contribution in [1.82, 2.24) is 4.57 Å². The van der Waals surface area contributed by atoms with E-state index in [0.29, 0.717) is 0 Å². The fraction of sp³-hybridized carbons (Fsp3) is 1.00. The van der Waals surface area contributed by atoms with E-state index < -0.39 is 8.24 Å². The Morgan fingerprint density at radius 3 is 2.27 bits per heavy atom. The lowest BCUT2D eigenvalue weighted by atomic mass is 9.73. The molecule has 3 aliphatic carbocycles. The maximum Gasteiger partial charge on any atom is 0.119 e. The second kappa shape index (κ2) is 5.59. The molecule has 1 saturated heterocycles. The lowest BCUT2D eigenvalue weighted by molar-refractivity contribution is 0.137. The summed E-state index contributed by atoms with van der Waals surface area (Å²) >= 11 is 3.98. The van der Waals surface area contributed by atoms with E-state index in [1.807, 2.05) is 0 Å². The van der Waals surface area contributed by atoms with Gasteiger partial charge in [-0.25, -0.2) is 0 Å². The number of nitrogens with zero attached hydrogens (tertiary/aromatic N) is 1. The van der Waals surface area contributed by atoms with Crippen molar-refractivity contribution >= 4 is 24.2 Å². The van der Waals surface area contributed by atoms with Crippen molar-refractivity contribution in [1.29, 1.82) is 0 Å². The largest absolute Gasteiger partial charge is 0.318 e. The standard InChI is InChI=1S/C19H34BrNSi/c1-12-14-7-5-6-8-15(14)19-18(12)16-11-13(20)9-10-17(16)21(19)22(2,3)4/h12-19H,5-11H2,1-4H3.